The van der Waals surface area contributed by atoms with E-state index in [0.29, 0.717) is 16.8 Å². The maximum atomic E-state index is 12.0. The second-order valence-corrected chi connectivity index (χ2v) is 9.90. The predicted molar refractivity (Wildman–Crippen MR) is 113 cm³/mol. The number of nitrogens with two attached hydrogens (primary N) is 1. The Morgan fingerprint density at radius 1 is 1.06 bits per heavy atom. The van der Waals surface area contributed by atoms with Gasteiger partial charge in [-0.2, -0.15) is 8.42 Å². The van der Waals surface area contributed by atoms with Gasteiger partial charge in [-0.15, -0.1) is 0 Å². The molecule has 0 bridgehead atoms. The number of rotatable bonds is 5. The zero-order valence-electron chi connectivity index (χ0n) is 17.0. The van der Waals surface area contributed by atoms with E-state index in [1.54, 1.807) is 13.8 Å². The van der Waals surface area contributed by atoms with Crippen molar-refractivity contribution in [2.75, 3.05) is 5.73 Å². The molecule has 33 heavy (non-hydrogen) atoms. The lowest BCUT2D eigenvalue weighted by Crippen LogP contribution is -2.58. The van der Waals surface area contributed by atoms with E-state index in [-0.39, 0.29) is 22.0 Å². The van der Waals surface area contributed by atoms with Crippen molar-refractivity contribution in [2.45, 2.75) is 23.6 Å². The van der Waals surface area contributed by atoms with Crippen molar-refractivity contribution in [3.63, 3.8) is 0 Å². The lowest BCUT2D eigenvalue weighted by atomic mass is 10.0. The number of hydrogen-bond donors (Lipinski definition) is 5. The molecule has 0 aliphatic rings. The van der Waals surface area contributed by atoms with E-state index >= 15 is 0 Å². The highest BCUT2D eigenvalue weighted by atomic mass is 32.2. The van der Waals surface area contributed by atoms with Gasteiger partial charge >= 0.3 is 5.97 Å². The number of carboxylic acids is 1. The lowest BCUT2D eigenvalue weighted by Gasteiger charge is -2.13. The molecule has 0 saturated heterocycles. The third-order valence-electron chi connectivity index (χ3n) is 4.78. The van der Waals surface area contributed by atoms with E-state index in [4.69, 9.17) is 10.8 Å². The van der Waals surface area contributed by atoms with Gasteiger partial charge in [-0.1, -0.05) is 5.11 Å². The number of carboxylic acid groups (broad SMARTS) is 1. The second kappa shape index (κ2) is 8.08. The molecule has 0 spiro atoms. The standard InChI is InChI=1S/C19H17N3O9S2/c1-8-3-11(19(24)25)4-9(2)16(8)21-22-17-14(33(29,30)31)6-10-5-12(32(26,27)28)7-13(20)15(10)18(17)23/h3-7,23H,20H2,1-2H3,(H,24,25)(H,26,27,28)(H,29,30,31). The van der Waals surface area contributed by atoms with Crippen LogP contribution < -0.4 is 10.8 Å². The number of phenolic OH excluding ortho intramolecular Hbond substituents is 1. The van der Waals surface area contributed by atoms with Crippen LogP contribution in [0.3, 0.4) is 0 Å². The fourth-order valence-corrected chi connectivity index (χ4v) is 4.52. The number of azo groups is 1. The van der Waals surface area contributed by atoms with E-state index in [0.717, 1.165) is 18.2 Å². The van der Waals surface area contributed by atoms with Crippen LogP contribution in [0.25, 0.3) is 10.8 Å². The molecule has 0 amide bonds. The molecule has 12 nitrogen and oxygen atoms in total. The first-order valence-corrected chi connectivity index (χ1v) is 11.8. The average Bonchev–Trinajstić information content (AvgIpc) is 2.66. The summed E-state index contributed by atoms with van der Waals surface area (Å²) in [5.74, 6) is -1.96. The molecule has 0 aliphatic heterocycles. The first kappa shape index (κ1) is 24.1. The monoisotopic (exact) mass is 495 g/mol. The van der Waals surface area contributed by atoms with Gasteiger partial charge in [0.1, 0.15) is 15.0 Å². The Morgan fingerprint density at radius 3 is 2.12 bits per heavy atom. The maximum absolute atomic E-state index is 12.0. The summed E-state index contributed by atoms with van der Waals surface area (Å²) in [5.41, 5.74) is 6.00. The lowest BCUT2D eigenvalue weighted by molar-refractivity contribution is -0.434. The van der Waals surface area contributed by atoms with Crippen molar-refractivity contribution in [3.05, 3.63) is 47.0 Å². The smallest absolute Gasteiger partial charge is 0.335 e. The molecule has 6 N–H and O–H groups in total. The number of phenols is 1. The Kier molecular flexibility index (Phi) is 5.89. The number of carbonyl (C=O) groups is 1. The highest BCUT2D eigenvalue weighted by Gasteiger charge is 2.26. The summed E-state index contributed by atoms with van der Waals surface area (Å²) >= 11 is 0. The summed E-state index contributed by atoms with van der Waals surface area (Å²) < 4.78 is 67.6. The minimum Gasteiger partial charge on any atom is -0.744 e. The normalized spacial score (nSPS) is 12.5. The van der Waals surface area contributed by atoms with Crippen LogP contribution in [0.2, 0.25) is 0 Å². The molecular weight excluding hydrogens is 478 g/mol. The van der Waals surface area contributed by atoms with Crippen molar-refractivity contribution in [1.29, 1.82) is 0 Å². The zero-order chi connectivity index (χ0) is 24.9. The van der Waals surface area contributed by atoms with Gasteiger partial charge in [0.15, 0.2) is 11.4 Å². The van der Waals surface area contributed by atoms with Gasteiger partial charge in [0, 0.05) is 27.3 Å². The van der Waals surface area contributed by atoms with Crippen LogP contribution in [-0.4, -0.2) is 42.1 Å². The number of nitrogens with zero attached hydrogens (tertiary/aromatic N) is 1. The molecule has 3 aromatic rings. The molecule has 3 aromatic carbocycles. The average molecular weight is 495 g/mol. The highest BCUT2D eigenvalue weighted by molar-refractivity contribution is 7.86. The van der Waals surface area contributed by atoms with Crippen molar-refractivity contribution in [2.24, 2.45) is 5.11 Å². The van der Waals surface area contributed by atoms with E-state index in [1.807, 2.05) is 0 Å². The topological polar surface area (TPSA) is 221 Å². The molecule has 0 unspecified atom stereocenters. The van der Waals surface area contributed by atoms with Crippen LogP contribution in [0.15, 0.2) is 45.2 Å². The molecule has 0 atom stereocenters. The van der Waals surface area contributed by atoms with Gasteiger partial charge in [-0.3, -0.25) is 4.55 Å². The third-order valence-corrected chi connectivity index (χ3v) is 6.46. The number of nitrogen functional groups attached to an aromatic ring is 1. The third kappa shape index (κ3) is 4.63. The van der Waals surface area contributed by atoms with Gasteiger partial charge in [-0.05, 0) is 49.6 Å². The van der Waals surface area contributed by atoms with Crippen molar-refractivity contribution in [1.82, 2.24) is 0 Å². The van der Waals surface area contributed by atoms with E-state index < -0.39 is 47.4 Å². The molecule has 174 valence electrons. The fourth-order valence-electron chi connectivity index (χ4n) is 3.32. The molecule has 0 fully saturated rings. The first-order chi connectivity index (χ1) is 15.1. The number of benzene rings is 3. The molecular formula is C19H17N3O9S2. The summed E-state index contributed by atoms with van der Waals surface area (Å²) in [6, 6.07) is 5.11. The first-order valence-electron chi connectivity index (χ1n) is 8.95. The highest BCUT2D eigenvalue weighted by Crippen LogP contribution is 2.43. The van der Waals surface area contributed by atoms with Gasteiger partial charge < -0.3 is 20.5 Å². The Balaban J connectivity index is 2.32. The number of anilines is 1. The molecule has 0 radical (unpaired) electrons. The van der Waals surface area contributed by atoms with Gasteiger partial charge in [0.25, 0.3) is 10.1 Å². The van der Waals surface area contributed by atoms with E-state index in [1.165, 1.54) is 12.1 Å². The summed E-state index contributed by atoms with van der Waals surface area (Å²) in [7, 11) is -9.95. The molecule has 0 heterocycles. The fraction of sp³-hybridized carbons (Fsp3) is 0.105. The molecule has 0 aliphatic carbocycles. The number of fused-ring (bicyclic) bond motifs is 1. The summed E-state index contributed by atoms with van der Waals surface area (Å²) in [6.45, 7) is 3.15. The second-order valence-electron chi connectivity index (χ2n) is 7.13. The summed E-state index contributed by atoms with van der Waals surface area (Å²) in [5, 5.41) is 25.8. The summed E-state index contributed by atoms with van der Waals surface area (Å²) in [6.07, 6.45) is 0. The van der Waals surface area contributed by atoms with Crippen molar-refractivity contribution < 1.29 is 46.1 Å². The van der Waals surface area contributed by atoms with E-state index in [2.05, 4.69) is 10.2 Å². The predicted octanol–water partition coefficient (Wildman–Crippen LogP) is 1.09. The maximum Gasteiger partial charge on any atom is 0.335 e. The number of aromatic carboxylic acids is 1. The Labute approximate surface area is 187 Å². The van der Waals surface area contributed by atoms with Crippen LogP contribution in [0.5, 0.6) is 5.75 Å². The van der Waals surface area contributed by atoms with Crippen LogP contribution in [-0.2, 0) is 20.2 Å². The van der Waals surface area contributed by atoms with Crippen molar-refractivity contribution >= 4 is 54.0 Å². The molecule has 3 rings (SSSR count). The van der Waals surface area contributed by atoms with Crippen LogP contribution in [0, 0.1) is 13.8 Å². The minimum atomic E-state index is -4.99. The number of hydrogen-bond acceptors (Lipinski definition) is 9. The number of nitrogens with one attached hydrogen (secondary N) is 1. The quantitative estimate of drug-likeness (QED) is 0.192. The van der Waals surface area contributed by atoms with Crippen LogP contribution in [0.4, 0.5) is 17.1 Å². The molecule has 0 saturated carbocycles. The van der Waals surface area contributed by atoms with Gasteiger partial charge in [0.2, 0.25) is 5.69 Å². The Bertz CT molecular complexity index is 1560. The van der Waals surface area contributed by atoms with Crippen molar-refractivity contribution in [3.8, 4) is 5.75 Å². The largest absolute Gasteiger partial charge is 0.744 e. The Hall–Kier alpha value is -3.59. The molecule has 0 aromatic heterocycles. The number of aryl methyl sites for hydroxylation is 2. The number of aromatic hydroxyl groups is 1. The zero-order valence-corrected chi connectivity index (χ0v) is 18.7. The van der Waals surface area contributed by atoms with Gasteiger partial charge in [-0.25, -0.2) is 13.2 Å². The van der Waals surface area contributed by atoms with Crippen LogP contribution in [0.1, 0.15) is 21.5 Å². The summed E-state index contributed by atoms with van der Waals surface area (Å²) in [4.78, 5) is 9.54. The molecule has 14 heteroatoms. The van der Waals surface area contributed by atoms with Gasteiger partial charge in [0.05, 0.1) is 10.5 Å². The SMILES string of the molecule is Cc1cc(C(=O)O)cc(C)c1[NH+]=Nc1c(S(=O)(=O)O)cc2cc(S(=O)(=O)[O-])cc(N)c2c1O. The Morgan fingerprint density at radius 2 is 1.64 bits per heavy atom. The van der Waals surface area contributed by atoms with Crippen LogP contribution >= 0.6 is 0 Å². The van der Waals surface area contributed by atoms with E-state index in [9.17, 15) is 35.8 Å². The minimum absolute atomic E-state index is 0.0135.